The van der Waals surface area contributed by atoms with Gasteiger partial charge in [-0.05, 0) is 32.7 Å². The minimum Gasteiger partial charge on any atom is -0.453 e. The van der Waals surface area contributed by atoms with Crippen molar-refractivity contribution in [2.75, 3.05) is 26.7 Å². The molecule has 2 rings (SSSR count). The van der Waals surface area contributed by atoms with E-state index >= 15 is 0 Å². The second-order valence-corrected chi connectivity index (χ2v) is 5.24. The van der Waals surface area contributed by atoms with Crippen LogP contribution in [0.3, 0.4) is 0 Å². The fourth-order valence-electron chi connectivity index (χ4n) is 2.71. The van der Waals surface area contributed by atoms with E-state index in [2.05, 4.69) is 15.4 Å². The maximum absolute atomic E-state index is 12.4. The molecule has 6 nitrogen and oxygen atoms in total. The summed E-state index contributed by atoms with van der Waals surface area (Å²) in [6, 6.07) is 0.00593. The van der Waals surface area contributed by atoms with Crippen molar-refractivity contribution < 1.29 is 14.3 Å². The molecule has 6 heteroatoms. The van der Waals surface area contributed by atoms with E-state index in [1.54, 1.807) is 0 Å². The number of hydrogen-bond donors (Lipinski definition) is 2. The molecule has 0 aromatic carbocycles. The van der Waals surface area contributed by atoms with Gasteiger partial charge in [-0.25, -0.2) is 4.79 Å². The Kier molecular flexibility index (Phi) is 3.75. The number of methoxy groups -OCH3 is 1. The van der Waals surface area contributed by atoms with E-state index in [4.69, 9.17) is 0 Å². The van der Waals surface area contributed by atoms with Crippen LogP contribution in [0, 0.1) is 0 Å². The normalized spacial score (nSPS) is 31.4. The van der Waals surface area contributed by atoms with Gasteiger partial charge in [-0.3, -0.25) is 4.79 Å². The highest BCUT2D eigenvalue weighted by Crippen LogP contribution is 2.23. The highest BCUT2D eigenvalue weighted by atomic mass is 16.5. The largest absolute Gasteiger partial charge is 0.453 e. The molecule has 2 heterocycles. The lowest BCUT2D eigenvalue weighted by molar-refractivity contribution is -0.136. The Morgan fingerprint density at radius 1 is 1.50 bits per heavy atom. The minimum atomic E-state index is -0.431. The monoisotopic (exact) mass is 255 g/mol. The topological polar surface area (TPSA) is 70.7 Å². The number of rotatable bonds is 2. The Morgan fingerprint density at radius 3 is 2.89 bits per heavy atom. The summed E-state index contributed by atoms with van der Waals surface area (Å²) >= 11 is 0. The van der Waals surface area contributed by atoms with Crippen LogP contribution < -0.4 is 10.6 Å². The molecule has 102 valence electrons. The van der Waals surface area contributed by atoms with Crippen LogP contribution in [-0.2, 0) is 9.53 Å². The summed E-state index contributed by atoms with van der Waals surface area (Å²) in [5.74, 6) is 0.147. The van der Waals surface area contributed by atoms with E-state index in [1.807, 2.05) is 11.8 Å². The first-order valence-electron chi connectivity index (χ1n) is 6.44. The fourth-order valence-corrected chi connectivity index (χ4v) is 2.71. The number of carbonyl (C=O) groups excluding carboxylic acids is 2. The van der Waals surface area contributed by atoms with E-state index in [0.29, 0.717) is 13.1 Å². The summed E-state index contributed by atoms with van der Waals surface area (Å²) in [5, 5.41) is 6.01. The van der Waals surface area contributed by atoms with Gasteiger partial charge in [0.25, 0.3) is 0 Å². The SMILES string of the molecule is COC(=O)NC1CCN(C(=O)C2(C)CCCN2)C1. The Bertz CT molecular complexity index is 339. The van der Waals surface area contributed by atoms with Crippen LogP contribution in [-0.4, -0.2) is 55.2 Å². The molecule has 0 aromatic heterocycles. The van der Waals surface area contributed by atoms with Crippen LogP contribution in [0.2, 0.25) is 0 Å². The summed E-state index contributed by atoms with van der Waals surface area (Å²) in [6.07, 6.45) is 2.29. The van der Waals surface area contributed by atoms with Crippen molar-refractivity contribution in [2.45, 2.75) is 37.8 Å². The molecule has 2 atom stereocenters. The molecule has 2 amide bonds. The van der Waals surface area contributed by atoms with Gasteiger partial charge in [-0.2, -0.15) is 0 Å². The van der Waals surface area contributed by atoms with Gasteiger partial charge in [-0.15, -0.1) is 0 Å². The number of nitrogens with zero attached hydrogens (tertiary/aromatic N) is 1. The first-order valence-corrected chi connectivity index (χ1v) is 6.44. The molecule has 0 aromatic rings. The van der Waals surface area contributed by atoms with Gasteiger partial charge in [0.15, 0.2) is 0 Å². The van der Waals surface area contributed by atoms with E-state index in [9.17, 15) is 9.59 Å². The zero-order valence-corrected chi connectivity index (χ0v) is 11.0. The summed E-state index contributed by atoms with van der Waals surface area (Å²) in [5.41, 5.74) is -0.417. The van der Waals surface area contributed by atoms with Gasteiger partial charge < -0.3 is 20.3 Å². The lowest BCUT2D eigenvalue weighted by Gasteiger charge is -2.29. The third-order valence-electron chi connectivity index (χ3n) is 3.82. The average Bonchev–Trinajstić information content (AvgIpc) is 2.98. The molecule has 0 spiro atoms. The number of carbonyl (C=O) groups is 2. The molecule has 2 fully saturated rings. The van der Waals surface area contributed by atoms with Crippen LogP contribution in [0.4, 0.5) is 4.79 Å². The average molecular weight is 255 g/mol. The molecule has 2 aliphatic heterocycles. The Labute approximate surface area is 107 Å². The van der Waals surface area contributed by atoms with Gasteiger partial charge in [0.2, 0.25) is 5.91 Å². The van der Waals surface area contributed by atoms with Crippen LogP contribution >= 0.6 is 0 Å². The lowest BCUT2D eigenvalue weighted by atomic mass is 9.99. The number of amides is 2. The van der Waals surface area contributed by atoms with Crippen LogP contribution in [0.1, 0.15) is 26.2 Å². The second-order valence-electron chi connectivity index (χ2n) is 5.24. The molecule has 0 aliphatic carbocycles. The minimum absolute atomic E-state index is 0.00593. The first-order chi connectivity index (χ1) is 8.55. The maximum atomic E-state index is 12.4. The summed E-state index contributed by atoms with van der Waals surface area (Å²) in [4.78, 5) is 25.3. The highest BCUT2D eigenvalue weighted by molar-refractivity contribution is 5.86. The van der Waals surface area contributed by atoms with Gasteiger partial charge in [-0.1, -0.05) is 0 Å². The van der Waals surface area contributed by atoms with Crippen molar-refractivity contribution in [2.24, 2.45) is 0 Å². The highest BCUT2D eigenvalue weighted by Gasteiger charge is 2.41. The standard InChI is InChI=1S/C12H21N3O3/c1-12(5-3-6-13-12)10(16)15-7-4-9(8-15)14-11(17)18-2/h9,13H,3-8H2,1-2H3,(H,14,17). The molecular formula is C12H21N3O3. The molecule has 2 N–H and O–H groups in total. The van der Waals surface area contributed by atoms with E-state index in [-0.39, 0.29) is 11.9 Å². The quantitative estimate of drug-likeness (QED) is 0.733. The zero-order valence-electron chi connectivity index (χ0n) is 11.0. The fraction of sp³-hybridized carbons (Fsp3) is 0.833. The van der Waals surface area contributed by atoms with Gasteiger partial charge in [0, 0.05) is 13.1 Å². The van der Waals surface area contributed by atoms with Crippen molar-refractivity contribution in [3.63, 3.8) is 0 Å². The molecule has 0 radical (unpaired) electrons. The van der Waals surface area contributed by atoms with Crippen molar-refractivity contribution in [3.05, 3.63) is 0 Å². The molecule has 18 heavy (non-hydrogen) atoms. The molecule has 2 aliphatic rings. The molecule has 0 bridgehead atoms. The number of ether oxygens (including phenoxy) is 1. The van der Waals surface area contributed by atoms with E-state index < -0.39 is 11.6 Å². The van der Waals surface area contributed by atoms with Gasteiger partial charge >= 0.3 is 6.09 Å². The van der Waals surface area contributed by atoms with Crippen molar-refractivity contribution in [3.8, 4) is 0 Å². The second kappa shape index (κ2) is 5.14. The zero-order chi connectivity index (χ0) is 13.2. The summed E-state index contributed by atoms with van der Waals surface area (Å²) in [6.45, 7) is 4.14. The van der Waals surface area contributed by atoms with Crippen molar-refractivity contribution in [1.82, 2.24) is 15.5 Å². The van der Waals surface area contributed by atoms with Crippen LogP contribution in [0.5, 0.6) is 0 Å². The lowest BCUT2D eigenvalue weighted by Crippen LogP contribution is -2.52. The van der Waals surface area contributed by atoms with Gasteiger partial charge in [0.1, 0.15) is 0 Å². The number of likely N-dealkylation sites (tertiary alicyclic amines) is 1. The molecule has 2 saturated heterocycles. The molecule has 0 saturated carbocycles. The third kappa shape index (κ3) is 2.58. The predicted octanol–water partition coefficient (Wildman–Crippen LogP) is 0.0854. The Hall–Kier alpha value is -1.30. The summed E-state index contributed by atoms with van der Waals surface area (Å²) in [7, 11) is 1.34. The third-order valence-corrected chi connectivity index (χ3v) is 3.82. The first kappa shape index (κ1) is 13.1. The number of nitrogens with one attached hydrogen (secondary N) is 2. The molecular weight excluding hydrogens is 234 g/mol. The Morgan fingerprint density at radius 2 is 2.28 bits per heavy atom. The smallest absolute Gasteiger partial charge is 0.407 e. The van der Waals surface area contributed by atoms with Crippen LogP contribution in [0.15, 0.2) is 0 Å². The number of alkyl carbamates (subject to hydrolysis) is 1. The maximum Gasteiger partial charge on any atom is 0.407 e. The Balaban J connectivity index is 1.88. The summed E-state index contributed by atoms with van der Waals surface area (Å²) < 4.78 is 4.56. The van der Waals surface area contributed by atoms with Crippen LogP contribution in [0.25, 0.3) is 0 Å². The van der Waals surface area contributed by atoms with E-state index in [1.165, 1.54) is 7.11 Å². The van der Waals surface area contributed by atoms with Gasteiger partial charge in [0.05, 0.1) is 18.7 Å². The van der Waals surface area contributed by atoms with E-state index in [0.717, 1.165) is 25.8 Å². The van der Waals surface area contributed by atoms with Crippen molar-refractivity contribution >= 4 is 12.0 Å². The number of hydrogen-bond acceptors (Lipinski definition) is 4. The predicted molar refractivity (Wildman–Crippen MR) is 66.2 cm³/mol. The molecule has 2 unspecified atom stereocenters. The van der Waals surface area contributed by atoms with Crippen molar-refractivity contribution in [1.29, 1.82) is 0 Å².